The second-order valence-corrected chi connectivity index (χ2v) is 11.3. The molecule has 10 nitrogen and oxygen atoms in total. The van der Waals surface area contributed by atoms with Crippen LogP contribution in [0.4, 0.5) is 4.79 Å². The Hall–Kier alpha value is -3.54. The molecule has 3 atom stereocenters. The van der Waals surface area contributed by atoms with Crippen molar-refractivity contribution in [2.45, 2.75) is 65.2 Å². The van der Waals surface area contributed by atoms with Crippen LogP contribution >= 0.6 is 11.6 Å². The number of carbonyl (C=O) groups is 3. The van der Waals surface area contributed by atoms with Crippen LogP contribution in [-0.2, 0) is 27.4 Å². The van der Waals surface area contributed by atoms with E-state index in [4.69, 9.17) is 16.3 Å². The lowest BCUT2D eigenvalue weighted by molar-refractivity contribution is -0.130. The molecule has 0 bridgehead atoms. The van der Waals surface area contributed by atoms with E-state index in [2.05, 4.69) is 20.9 Å². The van der Waals surface area contributed by atoms with Crippen LogP contribution < -0.4 is 16.0 Å². The van der Waals surface area contributed by atoms with Crippen molar-refractivity contribution in [1.82, 2.24) is 20.9 Å². The molecule has 0 unspecified atom stereocenters. The van der Waals surface area contributed by atoms with E-state index in [-0.39, 0.29) is 24.9 Å². The Kier molecular flexibility index (Phi) is 11.6. The van der Waals surface area contributed by atoms with Crippen molar-refractivity contribution in [3.63, 3.8) is 0 Å². The molecule has 2 aromatic carbocycles. The van der Waals surface area contributed by atoms with Crippen LogP contribution in [0, 0.1) is 11.8 Å². The van der Waals surface area contributed by atoms with Crippen LogP contribution in [0.5, 0.6) is 0 Å². The second kappa shape index (κ2) is 14.9. The first-order chi connectivity index (χ1) is 19.4. The highest BCUT2D eigenvalue weighted by Gasteiger charge is 2.33. The van der Waals surface area contributed by atoms with Gasteiger partial charge in [-0.3, -0.25) is 9.59 Å². The number of aromatic amines is 1. The fraction of sp³-hybridized carbons (Fsp3) is 0.414. The van der Waals surface area contributed by atoms with E-state index in [1.807, 2.05) is 38.1 Å². The van der Waals surface area contributed by atoms with Crippen molar-refractivity contribution < 1.29 is 29.2 Å². The van der Waals surface area contributed by atoms with Gasteiger partial charge in [0.1, 0.15) is 18.7 Å². The SMILES string of the molecule is CC(C)C[C@H](NC(=O)[C@H](Cc1c[nH]c2ccccc12)NC(=O)OCc1cccc(Cl)c1)C(=O)N[C@H](B(O)O)C(C)C. The van der Waals surface area contributed by atoms with E-state index in [0.717, 1.165) is 16.5 Å². The third-order valence-corrected chi connectivity index (χ3v) is 6.89. The third-order valence-electron chi connectivity index (χ3n) is 6.65. The fourth-order valence-corrected chi connectivity index (χ4v) is 4.73. The number of benzene rings is 2. The van der Waals surface area contributed by atoms with Crippen molar-refractivity contribution in [3.05, 3.63) is 70.9 Å². The standard InChI is InChI=1S/C29H38BClN4O6/c1-17(2)12-24(28(37)35-26(18(3)4)30(39)40)33-27(36)25(14-20-15-32-23-11-6-5-10-22(20)23)34-29(38)41-16-19-8-7-9-21(31)13-19/h5-11,13,15,17-18,24-26,32,39-40H,12,14,16H2,1-4H3,(H,33,36)(H,34,38)(H,35,37)/t24-,25-,26-/m0/s1. The molecular weight excluding hydrogens is 547 g/mol. The Bertz CT molecular complexity index is 1320. The monoisotopic (exact) mass is 584 g/mol. The van der Waals surface area contributed by atoms with Gasteiger partial charge in [0, 0.05) is 28.5 Å². The minimum absolute atomic E-state index is 0.0327. The maximum Gasteiger partial charge on any atom is 0.475 e. The van der Waals surface area contributed by atoms with E-state index in [1.54, 1.807) is 44.3 Å². The maximum atomic E-state index is 13.6. The lowest BCUT2D eigenvalue weighted by atomic mass is 9.73. The molecule has 3 amide bonds. The van der Waals surface area contributed by atoms with Crippen LogP contribution in [0.1, 0.15) is 45.2 Å². The zero-order chi connectivity index (χ0) is 30.1. The van der Waals surface area contributed by atoms with Gasteiger partial charge in [0.15, 0.2) is 0 Å². The first-order valence-corrected chi connectivity index (χ1v) is 14.0. The van der Waals surface area contributed by atoms with Gasteiger partial charge in [-0.1, -0.05) is 69.6 Å². The topological polar surface area (TPSA) is 153 Å². The van der Waals surface area contributed by atoms with Crippen molar-refractivity contribution in [2.75, 3.05) is 0 Å². The van der Waals surface area contributed by atoms with Gasteiger partial charge in [0.05, 0.1) is 5.94 Å². The van der Waals surface area contributed by atoms with E-state index in [1.165, 1.54) is 0 Å². The van der Waals surface area contributed by atoms with Crippen molar-refractivity contribution >= 4 is 47.5 Å². The summed E-state index contributed by atoms with van der Waals surface area (Å²) in [5, 5.41) is 28.9. The lowest BCUT2D eigenvalue weighted by Crippen LogP contribution is -2.58. The van der Waals surface area contributed by atoms with Crippen molar-refractivity contribution in [3.8, 4) is 0 Å². The number of halogens is 1. The van der Waals surface area contributed by atoms with Crippen LogP contribution in [0.25, 0.3) is 10.9 Å². The Morgan fingerprint density at radius 1 is 0.951 bits per heavy atom. The van der Waals surface area contributed by atoms with Crippen LogP contribution in [0.3, 0.4) is 0 Å². The molecule has 3 aromatic rings. The molecule has 1 heterocycles. The van der Waals surface area contributed by atoms with Crippen LogP contribution in [0.15, 0.2) is 54.7 Å². The minimum atomic E-state index is -1.76. The normalized spacial score (nSPS) is 13.5. The molecule has 0 saturated heterocycles. The number of alkyl carbamates (subject to hydrolysis) is 1. The Morgan fingerprint density at radius 2 is 1.66 bits per heavy atom. The van der Waals surface area contributed by atoms with Gasteiger partial charge < -0.3 is 35.7 Å². The molecule has 1 aromatic heterocycles. The Balaban J connectivity index is 1.80. The number of hydrogen-bond acceptors (Lipinski definition) is 6. The summed E-state index contributed by atoms with van der Waals surface area (Å²) < 4.78 is 5.36. The van der Waals surface area contributed by atoms with Crippen molar-refractivity contribution in [2.24, 2.45) is 11.8 Å². The predicted molar refractivity (Wildman–Crippen MR) is 159 cm³/mol. The van der Waals surface area contributed by atoms with Gasteiger partial charge in [0.2, 0.25) is 11.8 Å². The Labute approximate surface area is 245 Å². The minimum Gasteiger partial charge on any atom is -0.445 e. The highest BCUT2D eigenvalue weighted by molar-refractivity contribution is 6.43. The number of aromatic nitrogens is 1. The zero-order valence-electron chi connectivity index (χ0n) is 23.7. The number of H-pyrrole nitrogens is 1. The van der Waals surface area contributed by atoms with E-state index in [9.17, 15) is 24.4 Å². The molecule has 220 valence electrons. The molecule has 0 aliphatic heterocycles. The first-order valence-electron chi connectivity index (χ1n) is 13.6. The van der Waals surface area contributed by atoms with Crippen LogP contribution in [-0.4, -0.2) is 58.1 Å². The molecule has 0 saturated carbocycles. The average Bonchev–Trinajstić information content (AvgIpc) is 3.31. The van der Waals surface area contributed by atoms with Gasteiger partial charge in [-0.05, 0) is 47.6 Å². The van der Waals surface area contributed by atoms with Crippen molar-refractivity contribution in [1.29, 1.82) is 0 Å². The summed E-state index contributed by atoms with van der Waals surface area (Å²) in [6.45, 7) is 7.25. The van der Waals surface area contributed by atoms with Gasteiger partial charge in [-0.15, -0.1) is 0 Å². The summed E-state index contributed by atoms with van der Waals surface area (Å²) >= 11 is 6.02. The molecule has 0 aliphatic rings. The third kappa shape index (κ3) is 9.52. The summed E-state index contributed by atoms with van der Waals surface area (Å²) in [4.78, 5) is 42.8. The molecule has 0 radical (unpaired) electrons. The number of rotatable bonds is 13. The van der Waals surface area contributed by atoms with E-state index < -0.39 is 43.1 Å². The summed E-state index contributed by atoms with van der Waals surface area (Å²) in [5.74, 6) is -2.28. The number of hydrogen-bond donors (Lipinski definition) is 6. The highest BCUT2D eigenvalue weighted by atomic mass is 35.5. The molecule has 3 rings (SSSR count). The van der Waals surface area contributed by atoms with Gasteiger partial charge >= 0.3 is 13.2 Å². The van der Waals surface area contributed by atoms with Crippen LogP contribution in [0.2, 0.25) is 5.02 Å². The largest absolute Gasteiger partial charge is 0.475 e. The molecule has 0 fully saturated rings. The number of amides is 3. The zero-order valence-corrected chi connectivity index (χ0v) is 24.4. The highest BCUT2D eigenvalue weighted by Crippen LogP contribution is 2.20. The molecule has 6 N–H and O–H groups in total. The number of para-hydroxylation sites is 1. The van der Waals surface area contributed by atoms with Gasteiger partial charge in [0.25, 0.3) is 0 Å². The second-order valence-electron chi connectivity index (χ2n) is 10.8. The summed E-state index contributed by atoms with van der Waals surface area (Å²) in [6, 6.07) is 12.4. The van der Waals surface area contributed by atoms with Gasteiger partial charge in [-0.2, -0.15) is 0 Å². The summed E-state index contributed by atoms with van der Waals surface area (Å²) in [6.07, 6.45) is 1.39. The number of fused-ring (bicyclic) bond motifs is 1. The quantitative estimate of drug-likeness (QED) is 0.170. The smallest absolute Gasteiger partial charge is 0.445 e. The molecule has 0 aliphatic carbocycles. The summed E-state index contributed by atoms with van der Waals surface area (Å²) in [5.41, 5.74) is 2.36. The first kappa shape index (κ1) is 32.0. The average molecular weight is 585 g/mol. The predicted octanol–water partition coefficient (Wildman–Crippen LogP) is 3.34. The maximum absolute atomic E-state index is 13.6. The number of nitrogens with one attached hydrogen (secondary N) is 4. The van der Waals surface area contributed by atoms with Gasteiger partial charge in [-0.25, -0.2) is 4.79 Å². The number of ether oxygens (including phenoxy) is 1. The summed E-state index contributed by atoms with van der Waals surface area (Å²) in [7, 11) is -1.76. The van der Waals surface area contributed by atoms with E-state index >= 15 is 0 Å². The molecule has 0 spiro atoms. The Morgan fingerprint density at radius 3 is 2.32 bits per heavy atom. The molecule has 41 heavy (non-hydrogen) atoms. The van der Waals surface area contributed by atoms with E-state index in [0.29, 0.717) is 17.0 Å². The molecular formula is C29H38BClN4O6. The number of carbonyl (C=O) groups excluding carboxylic acids is 3. The fourth-order valence-electron chi connectivity index (χ4n) is 4.51. The molecule has 12 heteroatoms. The lowest BCUT2D eigenvalue weighted by Gasteiger charge is -2.27.